The fraction of sp³-hybridized carbons (Fsp3) is 0.167. The van der Waals surface area contributed by atoms with Gasteiger partial charge in [0, 0.05) is 18.5 Å². The molecule has 1 amide bonds. The summed E-state index contributed by atoms with van der Waals surface area (Å²) >= 11 is 5.83. The first-order valence-electron chi connectivity index (χ1n) is 7.28. The van der Waals surface area contributed by atoms with Gasteiger partial charge >= 0.3 is 5.97 Å². The van der Waals surface area contributed by atoms with E-state index >= 15 is 0 Å². The molecule has 0 aliphatic carbocycles. The van der Waals surface area contributed by atoms with E-state index in [4.69, 9.17) is 16.3 Å². The molecule has 0 atom stereocenters. The minimum absolute atomic E-state index is 0.308. The fourth-order valence-corrected chi connectivity index (χ4v) is 2.27. The lowest BCUT2D eigenvalue weighted by Crippen LogP contribution is -2.35. The second kappa shape index (κ2) is 8.26. The van der Waals surface area contributed by atoms with Crippen LogP contribution in [0.2, 0.25) is 5.15 Å². The van der Waals surface area contributed by atoms with E-state index in [0.29, 0.717) is 29.3 Å². The maximum absolute atomic E-state index is 12.1. The number of nitrogens with zero attached hydrogens (tertiary/aromatic N) is 2. The fourth-order valence-electron chi connectivity index (χ4n) is 2.12. The number of aromatic nitrogens is 1. The predicted octanol–water partition coefficient (Wildman–Crippen LogP) is 3.25. The average Bonchev–Trinajstić information content (AvgIpc) is 2.58. The number of carbonyl (C=O) groups excluding carboxylic acids is 2. The zero-order valence-corrected chi connectivity index (χ0v) is 13.8. The third-order valence-electron chi connectivity index (χ3n) is 3.27. The molecule has 2 rings (SSSR count). The van der Waals surface area contributed by atoms with Crippen LogP contribution in [0.4, 0.5) is 0 Å². The number of fused-ring (bicyclic) bond motifs is 1. The number of ether oxygens (including phenoxy) is 1. The van der Waals surface area contributed by atoms with E-state index in [1.807, 2.05) is 0 Å². The van der Waals surface area contributed by atoms with Gasteiger partial charge in [0.05, 0.1) is 11.1 Å². The number of hydrogen-bond donors (Lipinski definition) is 0. The summed E-state index contributed by atoms with van der Waals surface area (Å²) in [5.74, 6) is -0.880. The summed E-state index contributed by atoms with van der Waals surface area (Å²) in [5.41, 5.74) is 1.02. The van der Waals surface area contributed by atoms with Crippen LogP contribution >= 0.6 is 11.6 Å². The molecule has 0 aliphatic rings. The Morgan fingerprint density at radius 1 is 1.17 bits per heavy atom. The van der Waals surface area contributed by atoms with Crippen LogP contribution in [-0.2, 0) is 9.53 Å². The molecule has 0 saturated heterocycles. The largest absolute Gasteiger partial charge is 0.452 e. The van der Waals surface area contributed by atoms with Crippen LogP contribution in [0.5, 0.6) is 0 Å². The van der Waals surface area contributed by atoms with E-state index in [0.717, 1.165) is 5.39 Å². The highest BCUT2D eigenvalue weighted by Crippen LogP contribution is 2.17. The van der Waals surface area contributed by atoms with Crippen molar-refractivity contribution in [2.24, 2.45) is 0 Å². The first-order valence-corrected chi connectivity index (χ1v) is 7.66. The van der Waals surface area contributed by atoms with Gasteiger partial charge in [0.2, 0.25) is 0 Å². The molecule has 24 heavy (non-hydrogen) atoms. The van der Waals surface area contributed by atoms with Crippen molar-refractivity contribution < 1.29 is 14.3 Å². The summed E-state index contributed by atoms with van der Waals surface area (Å²) in [6.45, 7) is 7.58. The van der Waals surface area contributed by atoms with E-state index in [1.54, 1.807) is 42.5 Å². The number of halogens is 1. The van der Waals surface area contributed by atoms with Crippen LogP contribution in [0.15, 0.2) is 55.6 Å². The molecular weight excluding hydrogens is 328 g/mol. The molecule has 0 spiro atoms. The maximum atomic E-state index is 12.1. The molecule has 0 N–H and O–H groups in total. The highest BCUT2D eigenvalue weighted by molar-refractivity contribution is 6.29. The highest BCUT2D eigenvalue weighted by Gasteiger charge is 2.15. The second-order valence-electron chi connectivity index (χ2n) is 4.99. The van der Waals surface area contributed by atoms with Crippen LogP contribution in [0, 0.1) is 0 Å². The Hall–Kier alpha value is -2.66. The molecule has 0 fully saturated rings. The van der Waals surface area contributed by atoms with Gasteiger partial charge in [-0.15, -0.1) is 13.2 Å². The van der Waals surface area contributed by atoms with Crippen LogP contribution in [0.25, 0.3) is 10.9 Å². The Morgan fingerprint density at radius 2 is 1.88 bits per heavy atom. The molecule has 124 valence electrons. The Labute approximate surface area is 145 Å². The summed E-state index contributed by atoms with van der Waals surface area (Å²) in [5, 5.41) is 1.15. The first-order chi connectivity index (χ1) is 11.5. The van der Waals surface area contributed by atoms with Gasteiger partial charge in [-0.05, 0) is 30.3 Å². The minimum Gasteiger partial charge on any atom is -0.452 e. The lowest BCUT2D eigenvalue weighted by atomic mass is 10.1. The molecule has 0 aliphatic heterocycles. The van der Waals surface area contributed by atoms with Gasteiger partial charge in [-0.3, -0.25) is 4.79 Å². The maximum Gasteiger partial charge on any atom is 0.338 e. The number of carbonyl (C=O) groups is 2. The second-order valence-corrected chi connectivity index (χ2v) is 5.38. The van der Waals surface area contributed by atoms with Gasteiger partial charge in [0.1, 0.15) is 5.15 Å². The van der Waals surface area contributed by atoms with Crippen molar-refractivity contribution in [1.82, 2.24) is 9.88 Å². The Bertz CT molecular complexity index is 779. The third-order valence-corrected chi connectivity index (χ3v) is 3.48. The van der Waals surface area contributed by atoms with Gasteiger partial charge in [-0.25, -0.2) is 9.78 Å². The number of esters is 1. The van der Waals surface area contributed by atoms with Gasteiger partial charge in [0.15, 0.2) is 6.61 Å². The summed E-state index contributed by atoms with van der Waals surface area (Å²) in [6.07, 6.45) is 3.20. The monoisotopic (exact) mass is 344 g/mol. The van der Waals surface area contributed by atoms with Crippen molar-refractivity contribution in [3.8, 4) is 0 Å². The summed E-state index contributed by atoms with van der Waals surface area (Å²) in [6, 6.07) is 8.33. The van der Waals surface area contributed by atoms with Crippen molar-refractivity contribution in [2.75, 3.05) is 19.7 Å². The molecule has 1 aromatic carbocycles. The normalized spacial score (nSPS) is 10.2. The molecule has 1 aromatic heterocycles. The molecule has 0 unspecified atom stereocenters. The molecule has 0 bridgehead atoms. The van der Waals surface area contributed by atoms with Crippen LogP contribution in [0.1, 0.15) is 10.4 Å². The van der Waals surface area contributed by atoms with Crippen LogP contribution < -0.4 is 0 Å². The lowest BCUT2D eigenvalue weighted by molar-refractivity contribution is -0.133. The van der Waals surface area contributed by atoms with Gasteiger partial charge in [-0.2, -0.15) is 0 Å². The van der Waals surface area contributed by atoms with E-state index in [9.17, 15) is 9.59 Å². The van der Waals surface area contributed by atoms with E-state index in [1.165, 1.54) is 4.90 Å². The van der Waals surface area contributed by atoms with Gasteiger partial charge in [0.25, 0.3) is 5.91 Å². The van der Waals surface area contributed by atoms with Crippen molar-refractivity contribution >= 4 is 34.4 Å². The number of amides is 1. The van der Waals surface area contributed by atoms with Crippen molar-refractivity contribution in [1.29, 1.82) is 0 Å². The standard InChI is InChI=1S/C18H17ClN2O3/c1-3-9-21(10-4-2)17(22)12-24-18(23)14-5-7-15-13(11-14)6-8-16(19)20-15/h3-8,11H,1-2,9-10,12H2. The van der Waals surface area contributed by atoms with Crippen molar-refractivity contribution in [2.45, 2.75) is 0 Å². The average molecular weight is 345 g/mol. The number of hydrogen-bond acceptors (Lipinski definition) is 4. The quantitative estimate of drug-likeness (QED) is 0.439. The zero-order valence-electron chi connectivity index (χ0n) is 13.1. The first kappa shape index (κ1) is 17.7. The SMILES string of the molecule is C=CCN(CC=C)C(=O)COC(=O)c1ccc2nc(Cl)ccc2c1. The summed E-state index contributed by atoms with van der Waals surface area (Å²) < 4.78 is 5.09. The molecule has 0 radical (unpaired) electrons. The van der Waals surface area contributed by atoms with Crippen LogP contribution in [0.3, 0.4) is 0 Å². The topological polar surface area (TPSA) is 59.5 Å². The molecule has 2 aromatic rings. The highest BCUT2D eigenvalue weighted by atomic mass is 35.5. The molecular formula is C18H17ClN2O3. The van der Waals surface area contributed by atoms with E-state index < -0.39 is 5.97 Å². The summed E-state index contributed by atoms with van der Waals surface area (Å²) in [4.78, 5) is 29.8. The van der Waals surface area contributed by atoms with Gasteiger partial charge < -0.3 is 9.64 Å². The number of pyridine rings is 1. The Kier molecular flexibility index (Phi) is 6.09. The van der Waals surface area contributed by atoms with E-state index in [-0.39, 0.29) is 12.5 Å². The van der Waals surface area contributed by atoms with Crippen LogP contribution in [-0.4, -0.2) is 41.5 Å². The van der Waals surface area contributed by atoms with Crippen molar-refractivity contribution in [3.63, 3.8) is 0 Å². The van der Waals surface area contributed by atoms with Gasteiger partial charge in [-0.1, -0.05) is 23.8 Å². The molecule has 0 saturated carbocycles. The summed E-state index contributed by atoms with van der Waals surface area (Å²) in [7, 11) is 0. The Balaban J connectivity index is 2.04. The third kappa shape index (κ3) is 4.43. The lowest BCUT2D eigenvalue weighted by Gasteiger charge is -2.18. The number of benzene rings is 1. The Morgan fingerprint density at radius 3 is 2.54 bits per heavy atom. The zero-order chi connectivity index (χ0) is 17.5. The van der Waals surface area contributed by atoms with E-state index in [2.05, 4.69) is 18.1 Å². The predicted molar refractivity (Wildman–Crippen MR) is 94.0 cm³/mol. The van der Waals surface area contributed by atoms with Crippen molar-refractivity contribution in [3.05, 3.63) is 66.4 Å². The smallest absolute Gasteiger partial charge is 0.338 e. The molecule has 1 heterocycles. The molecule has 5 nitrogen and oxygen atoms in total. The minimum atomic E-state index is -0.572. The molecule has 6 heteroatoms. The number of rotatable bonds is 7.